The molecule has 1 saturated heterocycles. The topological polar surface area (TPSA) is 84.9 Å². The number of methoxy groups -OCH3 is 1. The largest absolute Gasteiger partial charge is 0.496 e. The van der Waals surface area contributed by atoms with Crippen LogP contribution in [0.25, 0.3) is 0 Å². The second-order valence-electron chi connectivity index (χ2n) is 6.34. The highest BCUT2D eigenvalue weighted by Crippen LogP contribution is 2.34. The molecule has 7 nitrogen and oxygen atoms in total. The molecule has 2 rings (SSSR count). The zero-order valence-corrected chi connectivity index (χ0v) is 15.8. The molecule has 1 unspecified atom stereocenters. The van der Waals surface area contributed by atoms with E-state index in [2.05, 4.69) is 5.32 Å². The predicted octanol–water partition coefficient (Wildman–Crippen LogP) is 2.50. The predicted molar refractivity (Wildman–Crippen MR) is 95.8 cm³/mol. The minimum Gasteiger partial charge on any atom is -0.496 e. The van der Waals surface area contributed by atoms with Crippen LogP contribution in [0.3, 0.4) is 0 Å². The average molecular weight is 362 g/mol. The van der Waals surface area contributed by atoms with Gasteiger partial charge in [-0.05, 0) is 43.0 Å². The first-order valence-corrected chi connectivity index (χ1v) is 8.84. The molecule has 0 spiro atoms. The molecule has 0 radical (unpaired) electrons. The van der Waals surface area contributed by atoms with Crippen molar-refractivity contribution < 1.29 is 23.9 Å². The Morgan fingerprint density at radius 2 is 2.00 bits per heavy atom. The van der Waals surface area contributed by atoms with Crippen molar-refractivity contribution in [3.63, 3.8) is 0 Å². The number of nitrogens with one attached hydrogen (secondary N) is 1. The molecule has 0 saturated carbocycles. The summed E-state index contributed by atoms with van der Waals surface area (Å²) in [6.45, 7) is 5.58. The lowest BCUT2D eigenvalue weighted by molar-refractivity contribution is -0.148. The first-order valence-electron chi connectivity index (χ1n) is 8.84. The van der Waals surface area contributed by atoms with E-state index >= 15 is 0 Å². The highest BCUT2D eigenvalue weighted by Gasteiger charge is 2.51. The van der Waals surface area contributed by atoms with Crippen molar-refractivity contribution in [2.45, 2.75) is 45.6 Å². The normalized spacial score (nSPS) is 19.5. The number of hydrogen-bond donors (Lipinski definition) is 1. The number of carbonyl (C=O) groups excluding carboxylic acids is 3. The maximum absolute atomic E-state index is 13.0. The molecule has 1 aliphatic heterocycles. The van der Waals surface area contributed by atoms with Crippen LogP contribution in [0, 0.1) is 6.92 Å². The van der Waals surface area contributed by atoms with Gasteiger partial charge >= 0.3 is 12.0 Å². The summed E-state index contributed by atoms with van der Waals surface area (Å²) in [4.78, 5) is 38.2. The summed E-state index contributed by atoms with van der Waals surface area (Å²) < 4.78 is 10.3. The first-order chi connectivity index (χ1) is 12.4. The van der Waals surface area contributed by atoms with Crippen molar-refractivity contribution in [2.75, 3.05) is 20.3 Å². The molecule has 142 valence electrons. The molecule has 1 atom stereocenters. The quantitative estimate of drug-likeness (QED) is 0.436. The SMILES string of the molecule is CCCCOC(=O)CN1C(=O)NC(CC)(c2ccc(OC)c(C)c2)C1=O. The Balaban J connectivity index is 2.23. The molecule has 1 aromatic rings. The third-order valence-corrected chi connectivity index (χ3v) is 4.64. The van der Waals surface area contributed by atoms with Crippen LogP contribution >= 0.6 is 0 Å². The molecule has 7 heteroatoms. The van der Waals surface area contributed by atoms with Gasteiger partial charge in [0.05, 0.1) is 13.7 Å². The molecule has 0 aromatic heterocycles. The summed E-state index contributed by atoms with van der Waals surface area (Å²) in [5.74, 6) is -0.324. The minimum atomic E-state index is -1.18. The monoisotopic (exact) mass is 362 g/mol. The van der Waals surface area contributed by atoms with E-state index in [0.717, 1.165) is 23.3 Å². The zero-order chi connectivity index (χ0) is 19.3. The summed E-state index contributed by atoms with van der Waals surface area (Å²) in [6, 6.07) is 4.77. The summed E-state index contributed by atoms with van der Waals surface area (Å²) >= 11 is 0. The van der Waals surface area contributed by atoms with Gasteiger partial charge in [0, 0.05) is 0 Å². The Morgan fingerprint density at radius 3 is 2.58 bits per heavy atom. The van der Waals surface area contributed by atoms with Crippen molar-refractivity contribution in [2.24, 2.45) is 0 Å². The number of esters is 1. The van der Waals surface area contributed by atoms with E-state index in [1.807, 2.05) is 26.8 Å². The van der Waals surface area contributed by atoms with Crippen molar-refractivity contribution >= 4 is 17.9 Å². The van der Waals surface area contributed by atoms with E-state index in [4.69, 9.17) is 9.47 Å². The lowest BCUT2D eigenvalue weighted by atomic mass is 9.86. The van der Waals surface area contributed by atoms with Gasteiger partial charge in [-0.15, -0.1) is 0 Å². The van der Waals surface area contributed by atoms with Gasteiger partial charge in [-0.25, -0.2) is 4.79 Å². The molecule has 26 heavy (non-hydrogen) atoms. The number of ether oxygens (including phenoxy) is 2. The van der Waals surface area contributed by atoms with Gasteiger partial charge in [0.2, 0.25) is 0 Å². The number of unbranched alkanes of at least 4 members (excludes halogenated alkanes) is 1. The van der Waals surface area contributed by atoms with E-state index < -0.39 is 23.4 Å². The van der Waals surface area contributed by atoms with Crippen LogP contribution in [0.15, 0.2) is 18.2 Å². The molecule has 0 aliphatic carbocycles. The number of nitrogens with zero attached hydrogens (tertiary/aromatic N) is 1. The third kappa shape index (κ3) is 3.66. The van der Waals surface area contributed by atoms with Gasteiger partial charge in [0.25, 0.3) is 5.91 Å². The summed E-state index contributed by atoms with van der Waals surface area (Å²) in [5.41, 5.74) is 0.341. The Bertz CT molecular complexity index is 703. The number of urea groups is 1. The number of carbonyl (C=O) groups is 3. The van der Waals surface area contributed by atoms with Gasteiger partial charge in [-0.2, -0.15) is 0 Å². The summed E-state index contributed by atoms with van der Waals surface area (Å²) in [5, 5.41) is 2.76. The fourth-order valence-electron chi connectivity index (χ4n) is 3.06. The average Bonchev–Trinajstić information content (AvgIpc) is 2.87. The molecule has 1 N–H and O–H groups in total. The first kappa shape index (κ1) is 19.8. The van der Waals surface area contributed by atoms with Crippen LogP contribution in [0.5, 0.6) is 5.75 Å². The molecular weight excluding hydrogens is 336 g/mol. The Kier molecular flexibility index (Phi) is 6.23. The molecule has 0 bridgehead atoms. The van der Waals surface area contributed by atoms with Crippen molar-refractivity contribution in [3.8, 4) is 5.75 Å². The molecule has 1 aromatic carbocycles. The van der Waals surface area contributed by atoms with E-state index in [9.17, 15) is 14.4 Å². The standard InChI is InChI=1S/C19H26N2O5/c1-5-7-10-26-16(22)12-21-17(23)19(6-2,20-18(21)24)14-8-9-15(25-4)13(3)11-14/h8-9,11H,5-7,10,12H2,1-4H3,(H,20,24). The summed E-state index contributed by atoms with van der Waals surface area (Å²) in [7, 11) is 1.58. The van der Waals surface area contributed by atoms with Crippen LogP contribution in [-0.2, 0) is 19.9 Å². The Morgan fingerprint density at radius 1 is 1.27 bits per heavy atom. The lowest BCUT2D eigenvalue weighted by Crippen LogP contribution is -2.44. The van der Waals surface area contributed by atoms with Crippen molar-refractivity contribution in [1.29, 1.82) is 0 Å². The van der Waals surface area contributed by atoms with Crippen LogP contribution in [0.4, 0.5) is 4.79 Å². The van der Waals surface area contributed by atoms with Crippen molar-refractivity contribution in [1.82, 2.24) is 10.2 Å². The lowest BCUT2D eigenvalue weighted by Gasteiger charge is -2.26. The minimum absolute atomic E-state index is 0.287. The second-order valence-corrected chi connectivity index (χ2v) is 6.34. The van der Waals surface area contributed by atoms with Crippen LogP contribution in [0.2, 0.25) is 0 Å². The molecule has 1 fully saturated rings. The second kappa shape index (κ2) is 8.21. The molecule has 1 aliphatic rings. The smallest absolute Gasteiger partial charge is 0.326 e. The fourth-order valence-corrected chi connectivity index (χ4v) is 3.06. The van der Waals surface area contributed by atoms with Gasteiger partial charge in [-0.1, -0.05) is 26.3 Å². The van der Waals surface area contributed by atoms with E-state index in [-0.39, 0.29) is 13.2 Å². The van der Waals surface area contributed by atoms with Crippen LogP contribution in [0.1, 0.15) is 44.2 Å². The molecular formula is C19H26N2O5. The van der Waals surface area contributed by atoms with Gasteiger partial charge in [0.1, 0.15) is 17.8 Å². The third-order valence-electron chi connectivity index (χ3n) is 4.64. The van der Waals surface area contributed by atoms with Crippen molar-refractivity contribution in [3.05, 3.63) is 29.3 Å². The maximum Gasteiger partial charge on any atom is 0.326 e. The van der Waals surface area contributed by atoms with E-state index in [1.165, 1.54) is 0 Å². The number of benzene rings is 1. The maximum atomic E-state index is 13.0. The van der Waals surface area contributed by atoms with Gasteiger partial charge < -0.3 is 14.8 Å². The fraction of sp³-hybridized carbons (Fsp3) is 0.526. The highest BCUT2D eigenvalue weighted by atomic mass is 16.5. The number of imide groups is 1. The highest BCUT2D eigenvalue weighted by molar-refractivity contribution is 6.09. The molecule has 1 heterocycles. The Labute approximate surface area is 153 Å². The number of rotatable bonds is 8. The van der Waals surface area contributed by atoms with Gasteiger partial charge in [0.15, 0.2) is 0 Å². The zero-order valence-electron chi connectivity index (χ0n) is 15.8. The summed E-state index contributed by atoms with van der Waals surface area (Å²) in [6.07, 6.45) is 2.01. The van der Waals surface area contributed by atoms with E-state index in [1.54, 1.807) is 19.2 Å². The number of hydrogen-bond acceptors (Lipinski definition) is 5. The molecule has 3 amide bonds. The Hall–Kier alpha value is -2.57. The number of amides is 3. The number of aryl methyl sites for hydroxylation is 1. The van der Waals surface area contributed by atoms with Crippen LogP contribution < -0.4 is 10.1 Å². The van der Waals surface area contributed by atoms with Gasteiger partial charge in [-0.3, -0.25) is 14.5 Å². The van der Waals surface area contributed by atoms with Crippen LogP contribution in [-0.4, -0.2) is 43.1 Å². The van der Waals surface area contributed by atoms with E-state index in [0.29, 0.717) is 17.7 Å².